The van der Waals surface area contributed by atoms with Crippen LogP contribution in [0.4, 0.5) is 0 Å². The SMILES string of the molecule is C=CCC1c2[c-]cccc2-c2ccccc21.Cc1c(C)c(C)[c-](C)c1C.[Cl-].[Cl-].[Hf+4]. The normalized spacial score (nSPS) is 12.8. The number of hydrogen-bond acceptors (Lipinski definition) is 0. The predicted octanol–water partition coefficient (Wildman–Crippen LogP) is 1.13. The number of rotatable bonds is 2. The third-order valence-corrected chi connectivity index (χ3v) is 6.08. The van der Waals surface area contributed by atoms with Crippen LogP contribution in [-0.4, -0.2) is 0 Å². The van der Waals surface area contributed by atoms with E-state index in [1.807, 2.05) is 12.1 Å². The van der Waals surface area contributed by atoms with Crippen LogP contribution in [0.15, 0.2) is 55.1 Å². The van der Waals surface area contributed by atoms with Crippen molar-refractivity contribution in [3.63, 3.8) is 0 Å². The van der Waals surface area contributed by atoms with Gasteiger partial charge in [-0.2, -0.15) is 52.1 Å². The summed E-state index contributed by atoms with van der Waals surface area (Å²) >= 11 is 0. The molecule has 0 aromatic heterocycles. The first kappa shape index (κ1) is 28.0. The summed E-state index contributed by atoms with van der Waals surface area (Å²) in [6.07, 6.45) is 2.99. The first-order chi connectivity index (χ1) is 12.5. The standard InChI is InChI=1S/C16H13.C10H15.2ClH.Hf/c1-2-7-12-13-8-3-5-10-15(13)16-11-6-4-9-14(12)16;1-6-7(2)9(4)10(5)8(6)3;;;/h2-6,8,10-12H,1,7H2;1-5H3;2*1H;/q2*-1;;;+4/p-2. The summed E-state index contributed by atoms with van der Waals surface area (Å²) in [5.41, 5.74) is 12.8. The molecular weight excluding hydrogens is 562 g/mol. The molecule has 0 nitrogen and oxygen atoms in total. The van der Waals surface area contributed by atoms with Gasteiger partial charge in [-0.3, -0.25) is 0 Å². The van der Waals surface area contributed by atoms with E-state index >= 15 is 0 Å². The Kier molecular flexibility index (Phi) is 11.6. The minimum absolute atomic E-state index is 0. The summed E-state index contributed by atoms with van der Waals surface area (Å²) in [4.78, 5) is 0. The van der Waals surface area contributed by atoms with E-state index in [1.54, 1.807) is 0 Å². The van der Waals surface area contributed by atoms with Crippen LogP contribution in [-0.2, 0) is 25.8 Å². The second-order valence-corrected chi connectivity index (χ2v) is 7.29. The van der Waals surface area contributed by atoms with Gasteiger partial charge in [0, 0.05) is 0 Å². The van der Waals surface area contributed by atoms with Gasteiger partial charge in [0.15, 0.2) is 0 Å². The summed E-state index contributed by atoms with van der Waals surface area (Å²) < 4.78 is 0. The summed E-state index contributed by atoms with van der Waals surface area (Å²) in [5, 5.41) is 0. The molecule has 0 saturated carbocycles. The van der Waals surface area contributed by atoms with Crippen molar-refractivity contribution >= 4 is 0 Å². The molecule has 0 radical (unpaired) electrons. The minimum atomic E-state index is 0. The second-order valence-electron chi connectivity index (χ2n) is 7.29. The molecule has 29 heavy (non-hydrogen) atoms. The van der Waals surface area contributed by atoms with Crippen LogP contribution >= 0.6 is 0 Å². The summed E-state index contributed by atoms with van der Waals surface area (Å²) in [7, 11) is 0. The monoisotopic (exact) mass is 590 g/mol. The molecule has 0 saturated heterocycles. The molecule has 3 aromatic carbocycles. The third kappa shape index (κ3) is 5.37. The third-order valence-electron chi connectivity index (χ3n) is 6.08. The Morgan fingerprint density at radius 1 is 0.931 bits per heavy atom. The van der Waals surface area contributed by atoms with E-state index in [9.17, 15) is 0 Å². The predicted molar refractivity (Wildman–Crippen MR) is 113 cm³/mol. The largest absolute Gasteiger partial charge is 4.00 e. The maximum atomic E-state index is 3.86. The van der Waals surface area contributed by atoms with Gasteiger partial charge in [0.1, 0.15) is 0 Å². The molecule has 4 rings (SSSR count). The average molecular weight is 590 g/mol. The molecule has 0 spiro atoms. The Morgan fingerprint density at radius 3 is 2.00 bits per heavy atom. The van der Waals surface area contributed by atoms with Crippen molar-refractivity contribution in [2.75, 3.05) is 0 Å². The number of fused-ring (bicyclic) bond motifs is 3. The average Bonchev–Trinajstić information content (AvgIpc) is 3.07. The number of hydrogen-bond donors (Lipinski definition) is 0. The molecule has 1 atom stereocenters. The van der Waals surface area contributed by atoms with Crippen molar-refractivity contribution < 1.29 is 50.7 Å². The van der Waals surface area contributed by atoms with Crippen molar-refractivity contribution in [1.82, 2.24) is 0 Å². The van der Waals surface area contributed by atoms with Gasteiger partial charge < -0.3 is 24.8 Å². The van der Waals surface area contributed by atoms with Gasteiger partial charge in [0.25, 0.3) is 0 Å². The fourth-order valence-electron chi connectivity index (χ4n) is 3.99. The van der Waals surface area contributed by atoms with Crippen LogP contribution in [0.1, 0.15) is 51.3 Å². The van der Waals surface area contributed by atoms with Gasteiger partial charge in [0.2, 0.25) is 0 Å². The fraction of sp³-hybridized carbons (Fsp3) is 0.269. The molecule has 0 fully saturated rings. The van der Waals surface area contributed by atoms with Gasteiger partial charge in [-0.15, -0.1) is 17.7 Å². The van der Waals surface area contributed by atoms with Crippen LogP contribution in [0, 0.1) is 40.7 Å². The Bertz CT molecular complexity index is 828. The molecule has 0 heterocycles. The van der Waals surface area contributed by atoms with E-state index < -0.39 is 0 Å². The topological polar surface area (TPSA) is 0 Å². The van der Waals surface area contributed by atoms with Crippen LogP contribution < -0.4 is 24.8 Å². The number of halogens is 2. The second kappa shape index (κ2) is 12.0. The molecule has 1 unspecified atom stereocenters. The van der Waals surface area contributed by atoms with Crippen molar-refractivity contribution in [2.24, 2.45) is 0 Å². The van der Waals surface area contributed by atoms with E-state index in [2.05, 4.69) is 83.7 Å². The molecule has 1 aliphatic rings. The van der Waals surface area contributed by atoms with Crippen LogP contribution in [0.25, 0.3) is 11.1 Å². The molecule has 3 heteroatoms. The Labute approximate surface area is 207 Å². The molecule has 0 aliphatic heterocycles. The zero-order valence-electron chi connectivity index (χ0n) is 17.9. The van der Waals surface area contributed by atoms with Crippen molar-refractivity contribution in [2.45, 2.75) is 47.0 Å². The number of benzene rings is 2. The zero-order valence-corrected chi connectivity index (χ0v) is 23.0. The van der Waals surface area contributed by atoms with E-state index in [4.69, 9.17) is 0 Å². The quantitative estimate of drug-likeness (QED) is 0.239. The minimum Gasteiger partial charge on any atom is -1.00 e. The van der Waals surface area contributed by atoms with E-state index in [-0.39, 0.29) is 50.7 Å². The molecule has 1 aliphatic carbocycles. The van der Waals surface area contributed by atoms with Crippen LogP contribution in [0.3, 0.4) is 0 Å². The number of allylic oxidation sites excluding steroid dienone is 1. The van der Waals surface area contributed by atoms with Crippen LogP contribution in [0.5, 0.6) is 0 Å². The summed E-state index contributed by atoms with van der Waals surface area (Å²) in [6, 6.07) is 18.3. The first-order valence-corrected chi connectivity index (χ1v) is 9.37. The van der Waals surface area contributed by atoms with Crippen LogP contribution in [0.2, 0.25) is 0 Å². The van der Waals surface area contributed by atoms with Gasteiger partial charge in [-0.25, -0.2) is 0 Å². The molecule has 3 aromatic rings. The van der Waals surface area contributed by atoms with Gasteiger partial charge in [-0.1, -0.05) is 70.5 Å². The van der Waals surface area contributed by atoms with E-state index in [1.165, 1.54) is 50.1 Å². The summed E-state index contributed by atoms with van der Waals surface area (Å²) in [5.74, 6) is 0.449. The van der Waals surface area contributed by atoms with Crippen molar-refractivity contribution in [1.29, 1.82) is 0 Å². The Balaban J connectivity index is 0.000000535. The zero-order chi connectivity index (χ0) is 18.8. The maximum absolute atomic E-state index is 3.86. The molecule has 0 amide bonds. The fourth-order valence-corrected chi connectivity index (χ4v) is 3.99. The molecular formula is C26H28Cl2Hf. The first-order valence-electron chi connectivity index (χ1n) is 9.37. The van der Waals surface area contributed by atoms with Gasteiger partial charge >= 0.3 is 25.8 Å². The molecule has 0 bridgehead atoms. The smallest absolute Gasteiger partial charge is 1.00 e. The van der Waals surface area contributed by atoms with Gasteiger partial charge in [0.05, 0.1) is 0 Å². The van der Waals surface area contributed by atoms with Gasteiger partial charge in [-0.05, 0) is 17.9 Å². The summed E-state index contributed by atoms with van der Waals surface area (Å²) in [6.45, 7) is 14.9. The Morgan fingerprint density at radius 2 is 1.48 bits per heavy atom. The Hall–Kier alpha value is -1.02. The van der Waals surface area contributed by atoms with Crippen molar-refractivity contribution in [3.05, 3.63) is 100 Å². The van der Waals surface area contributed by atoms with Crippen molar-refractivity contribution in [3.8, 4) is 11.1 Å². The molecule has 0 N–H and O–H groups in total. The van der Waals surface area contributed by atoms with E-state index in [0.29, 0.717) is 5.92 Å². The van der Waals surface area contributed by atoms with E-state index in [0.717, 1.165) is 6.42 Å². The molecule has 150 valence electrons. The maximum Gasteiger partial charge on any atom is 4.00 e.